The zero-order valence-electron chi connectivity index (χ0n) is 11.6. The van der Waals surface area contributed by atoms with E-state index in [-0.39, 0.29) is 17.8 Å². The Morgan fingerprint density at radius 1 is 1.35 bits per heavy atom. The van der Waals surface area contributed by atoms with Crippen LogP contribution in [0.5, 0.6) is 5.75 Å². The Kier molecular flexibility index (Phi) is 4.91. The first kappa shape index (κ1) is 15.2. The Hall–Kier alpha value is -1.23. The molecule has 3 atom stereocenters. The van der Waals surface area contributed by atoms with E-state index < -0.39 is 12.8 Å². The molecule has 0 aromatic heterocycles. The van der Waals surface area contributed by atoms with Crippen molar-refractivity contribution < 1.29 is 22.6 Å². The van der Waals surface area contributed by atoms with E-state index in [1.165, 1.54) is 6.07 Å². The van der Waals surface area contributed by atoms with E-state index in [1.807, 2.05) is 6.92 Å². The molecule has 0 fully saturated rings. The Labute approximate surface area is 116 Å². The molecular weight excluding hydrogens is 269 g/mol. The minimum absolute atomic E-state index is 0.0455. The van der Waals surface area contributed by atoms with E-state index >= 15 is 0 Å². The zero-order chi connectivity index (χ0) is 14.7. The zero-order valence-corrected chi connectivity index (χ0v) is 11.6. The van der Waals surface area contributed by atoms with E-state index in [0.29, 0.717) is 19.4 Å². The topological polar surface area (TPSA) is 18.5 Å². The molecule has 1 aliphatic rings. The van der Waals surface area contributed by atoms with Gasteiger partial charge in [0.25, 0.3) is 0 Å². The molecule has 0 saturated carbocycles. The highest BCUT2D eigenvalue weighted by Gasteiger charge is 2.29. The smallest absolute Gasteiger partial charge is 0.387 e. The average Bonchev–Trinajstić information content (AvgIpc) is 2.41. The largest absolute Gasteiger partial charge is 0.435 e. The normalized spacial score (nSPS) is 23.5. The van der Waals surface area contributed by atoms with Gasteiger partial charge in [0.1, 0.15) is 11.9 Å². The van der Waals surface area contributed by atoms with Crippen molar-refractivity contribution in [1.82, 2.24) is 0 Å². The van der Waals surface area contributed by atoms with Crippen LogP contribution in [-0.4, -0.2) is 18.9 Å². The highest BCUT2D eigenvalue weighted by atomic mass is 19.3. The third kappa shape index (κ3) is 3.45. The lowest BCUT2D eigenvalue weighted by molar-refractivity contribution is -0.0504. The van der Waals surface area contributed by atoms with E-state index in [1.54, 1.807) is 19.1 Å². The van der Waals surface area contributed by atoms with Crippen LogP contribution in [0.3, 0.4) is 0 Å². The average molecular weight is 288 g/mol. The second kappa shape index (κ2) is 6.48. The van der Waals surface area contributed by atoms with Crippen molar-refractivity contribution in [2.24, 2.45) is 0 Å². The number of fused-ring (bicyclic) bond motifs is 1. The van der Waals surface area contributed by atoms with Crippen LogP contribution >= 0.6 is 0 Å². The third-order valence-corrected chi connectivity index (χ3v) is 3.77. The number of rotatable bonds is 5. The quantitative estimate of drug-likeness (QED) is 0.798. The highest BCUT2D eigenvalue weighted by molar-refractivity contribution is 5.39. The lowest BCUT2D eigenvalue weighted by Gasteiger charge is -2.32. The van der Waals surface area contributed by atoms with Crippen molar-refractivity contribution >= 4 is 0 Å². The van der Waals surface area contributed by atoms with Gasteiger partial charge in [0.2, 0.25) is 0 Å². The van der Waals surface area contributed by atoms with Gasteiger partial charge >= 0.3 is 6.61 Å². The Morgan fingerprint density at radius 3 is 2.75 bits per heavy atom. The predicted octanol–water partition coefficient (Wildman–Crippen LogP) is 4.43. The lowest BCUT2D eigenvalue weighted by atomic mass is 9.86. The summed E-state index contributed by atoms with van der Waals surface area (Å²) in [6.07, 6.45) is -0.197. The van der Waals surface area contributed by atoms with E-state index in [2.05, 4.69) is 4.74 Å². The van der Waals surface area contributed by atoms with Gasteiger partial charge in [-0.15, -0.1) is 0 Å². The maximum Gasteiger partial charge on any atom is 0.387 e. The molecule has 0 bridgehead atoms. The molecule has 2 nitrogen and oxygen atoms in total. The van der Waals surface area contributed by atoms with E-state index in [9.17, 15) is 13.2 Å². The fourth-order valence-electron chi connectivity index (χ4n) is 2.56. The summed E-state index contributed by atoms with van der Waals surface area (Å²) in [5.41, 5.74) is 1.85. The third-order valence-electron chi connectivity index (χ3n) is 3.77. The molecule has 1 aromatic carbocycles. The minimum Gasteiger partial charge on any atom is -0.435 e. The van der Waals surface area contributed by atoms with E-state index in [4.69, 9.17) is 4.74 Å². The number of ether oxygens (including phenoxy) is 2. The van der Waals surface area contributed by atoms with Gasteiger partial charge < -0.3 is 9.47 Å². The van der Waals surface area contributed by atoms with Gasteiger partial charge in [0, 0.05) is 12.3 Å². The second-order valence-corrected chi connectivity index (χ2v) is 5.12. The summed E-state index contributed by atoms with van der Waals surface area (Å²) in [6.45, 7) is 1.25. The van der Waals surface area contributed by atoms with E-state index in [0.717, 1.165) is 11.1 Å². The summed E-state index contributed by atoms with van der Waals surface area (Å²) in [7, 11) is 0. The molecule has 0 unspecified atom stereocenters. The van der Waals surface area contributed by atoms with Crippen molar-refractivity contribution in [2.45, 2.75) is 58.1 Å². The molecule has 2 rings (SSSR count). The molecule has 0 spiro atoms. The molecule has 112 valence electrons. The molecule has 0 N–H and O–H groups in total. The standard InChI is InChI=1S/C15H19F3O2/c1-3-11(16)7-14-9(2)13-5-4-12(20-15(17)18)6-10(13)8-19-14/h4-6,9,11,14-15H,3,7-8H2,1-2H3/t9-,11-,14-/m0/s1. The van der Waals surface area contributed by atoms with Crippen LogP contribution in [0.1, 0.15) is 43.7 Å². The SMILES string of the molecule is CC[C@H](F)C[C@@H]1OCc2cc(OC(F)F)ccc2[C@@H]1C. The number of alkyl halides is 3. The van der Waals surface area contributed by atoms with Crippen LogP contribution in [0.15, 0.2) is 18.2 Å². The van der Waals surface area contributed by atoms with Crippen molar-refractivity contribution in [3.63, 3.8) is 0 Å². The maximum absolute atomic E-state index is 13.5. The van der Waals surface area contributed by atoms with Gasteiger partial charge in [-0.1, -0.05) is 19.9 Å². The highest BCUT2D eigenvalue weighted by Crippen LogP contribution is 2.35. The Balaban J connectivity index is 2.12. The summed E-state index contributed by atoms with van der Waals surface area (Å²) in [5.74, 6) is 0.175. The molecule has 1 aliphatic heterocycles. The molecule has 0 aliphatic carbocycles. The van der Waals surface area contributed by atoms with Crippen LogP contribution in [-0.2, 0) is 11.3 Å². The first-order valence-electron chi connectivity index (χ1n) is 6.84. The van der Waals surface area contributed by atoms with Gasteiger partial charge in [-0.25, -0.2) is 4.39 Å². The molecule has 0 radical (unpaired) electrons. The van der Waals surface area contributed by atoms with Crippen LogP contribution in [0.4, 0.5) is 13.2 Å². The fraction of sp³-hybridized carbons (Fsp3) is 0.600. The number of benzene rings is 1. The predicted molar refractivity (Wildman–Crippen MR) is 69.9 cm³/mol. The second-order valence-electron chi connectivity index (χ2n) is 5.12. The first-order chi connectivity index (χ1) is 9.51. The summed E-state index contributed by atoms with van der Waals surface area (Å²) in [4.78, 5) is 0. The summed E-state index contributed by atoms with van der Waals surface area (Å²) >= 11 is 0. The molecule has 5 heteroatoms. The molecule has 1 aromatic rings. The van der Waals surface area contributed by atoms with Gasteiger partial charge in [0.15, 0.2) is 0 Å². The summed E-state index contributed by atoms with van der Waals surface area (Å²) < 4.78 is 47.9. The van der Waals surface area contributed by atoms with Gasteiger partial charge in [-0.05, 0) is 29.7 Å². The fourth-order valence-corrected chi connectivity index (χ4v) is 2.56. The first-order valence-corrected chi connectivity index (χ1v) is 6.84. The molecule has 1 heterocycles. The Morgan fingerprint density at radius 2 is 2.10 bits per heavy atom. The molecule has 0 amide bonds. The molecule has 0 saturated heterocycles. The number of hydrogen-bond donors (Lipinski definition) is 0. The summed E-state index contributed by atoms with van der Waals surface area (Å²) in [5, 5.41) is 0. The molecule has 20 heavy (non-hydrogen) atoms. The number of halogens is 3. The van der Waals surface area contributed by atoms with Crippen LogP contribution < -0.4 is 4.74 Å². The van der Waals surface area contributed by atoms with Crippen molar-refractivity contribution in [2.75, 3.05) is 0 Å². The van der Waals surface area contributed by atoms with Gasteiger partial charge in [-0.2, -0.15) is 8.78 Å². The Bertz CT molecular complexity index is 451. The van der Waals surface area contributed by atoms with Crippen LogP contribution in [0.2, 0.25) is 0 Å². The van der Waals surface area contributed by atoms with Gasteiger partial charge in [0.05, 0.1) is 12.7 Å². The van der Waals surface area contributed by atoms with Crippen molar-refractivity contribution in [3.8, 4) is 5.75 Å². The maximum atomic E-state index is 13.5. The molecular formula is C15H19F3O2. The van der Waals surface area contributed by atoms with Crippen molar-refractivity contribution in [3.05, 3.63) is 29.3 Å². The lowest BCUT2D eigenvalue weighted by Crippen LogP contribution is -2.29. The monoisotopic (exact) mass is 288 g/mol. The minimum atomic E-state index is -2.83. The van der Waals surface area contributed by atoms with Crippen LogP contribution in [0.25, 0.3) is 0 Å². The summed E-state index contributed by atoms with van der Waals surface area (Å²) in [6, 6.07) is 4.87. The van der Waals surface area contributed by atoms with Crippen LogP contribution in [0, 0.1) is 0 Å². The van der Waals surface area contributed by atoms with Gasteiger partial charge in [-0.3, -0.25) is 0 Å². The van der Waals surface area contributed by atoms with Crippen molar-refractivity contribution in [1.29, 1.82) is 0 Å². The number of hydrogen-bond acceptors (Lipinski definition) is 2.